The smallest absolute Gasteiger partial charge is 0.344 e. The van der Waals surface area contributed by atoms with Gasteiger partial charge in [-0.3, -0.25) is 14.4 Å². The van der Waals surface area contributed by atoms with Crippen molar-refractivity contribution in [2.45, 2.75) is 44.6 Å². The molecule has 3 unspecified atom stereocenters. The zero-order valence-electron chi connectivity index (χ0n) is 11.0. The summed E-state index contributed by atoms with van der Waals surface area (Å²) in [5.41, 5.74) is 5.42. The van der Waals surface area contributed by atoms with Gasteiger partial charge in [0.15, 0.2) is 5.78 Å². The van der Waals surface area contributed by atoms with Crippen molar-refractivity contribution in [1.82, 2.24) is 10.2 Å². The second-order valence-corrected chi connectivity index (χ2v) is 4.81. The number of nitrogens with two attached hydrogens (primary N) is 1. The maximum absolute atomic E-state index is 12.2. The fourth-order valence-corrected chi connectivity index (χ4v) is 2.10. The molecule has 9 heteroatoms. The summed E-state index contributed by atoms with van der Waals surface area (Å²) in [6.07, 6.45) is -5.04. The average molecular weight is 295 g/mol. The van der Waals surface area contributed by atoms with E-state index in [4.69, 9.17) is 5.73 Å². The lowest BCUT2D eigenvalue weighted by Gasteiger charge is -2.24. The van der Waals surface area contributed by atoms with Crippen molar-refractivity contribution in [2.75, 3.05) is 6.54 Å². The molecule has 0 saturated carbocycles. The minimum atomic E-state index is -5.00. The quantitative estimate of drug-likeness (QED) is 0.739. The largest absolute Gasteiger partial charge is 0.471 e. The van der Waals surface area contributed by atoms with Gasteiger partial charge in [-0.05, 0) is 20.3 Å². The Morgan fingerprint density at radius 2 is 1.90 bits per heavy atom. The van der Waals surface area contributed by atoms with Crippen LogP contribution in [0.5, 0.6) is 0 Å². The van der Waals surface area contributed by atoms with E-state index in [2.05, 4.69) is 0 Å². The van der Waals surface area contributed by atoms with Gasteiger partial charge < -0.3 is 16.0 Å². The van der Waals surface area contributed by atoms with Gasteiger partial charge in [-0.25, -0.2) is 0 Å². The van der Waals surface area contributed by atoms with Crippen LogP contribution in [-0.2, 0) is 14.4 Å². The molecular formula is C11H16F3N3O3. The highest BCUT2D eigenvalue weighted by Gasteiger charge is 2.44. The summed E-state index contributed by atoms with van der Waals surface area (Å²) in [6.45, 7) is 2.49. The van der Waals surface area contributed by atoms with Crippen molar-refractivity contribution in [3.05, 3.63) is 0 Å². The summed E-state index contributed by atoms with van der Waals surface area (Å²) in [5, 5.41) is 1.78. The number of halogens is 3. The second kappa shape index (κ2) is 5.78. The summed E-state index contributed by atoms with van der Waals surface area (Å²) >= 11 is 0. The molecule has 3 atom stereocenters. The number of likely N-dealkylation sites (tertiary alicyclic amines) is 1. The van der Waals surface area contributed by atoms with Crippen LogP contribution in [0.4, 0.5) is 13.2 Å². The SMILES string of the molecule is CC(=O)C1CC(NC(=O)C(F)(F)F)CN1C(=O)C(C)N. The molecule has 1 aliphatic rings. The first-order chi connectivity index (χ1) is 9.04. The van der Waals surface area contributed by atoms with E-state index in [0.717, 1.165) is 4.90 Å². The molecule has 1 rings (SSSR count). The highest BCUT2D eigenvalue weighted by Crippen LogP contribution is 2.22. The summed E-state index contributed by atoms with van der Waals surface area (Å²) in [4.78, 5) is 35.2. The van der Waals surface area contributed by atoms with Gasteiger partial charge in [-0.2, -0.15) is 13.2 Å². The summed E-state index contributed by atoms with van der Waals surface area (Å²) in [5.74, 6) is -2.98. The van der Waals surface area contributed by atoms with Crippen LogP contribution in [0.3, 0.4) is 0 Å². The number of amides is 2. The first-order valence-corrected chi connectivity index (χ1v) is 5.98. The third-order valence-electron chi connectivity index (χ3n) is 3.04. The number of ketones is 1. The first kappa shape index (κ1) is 16.4. The molecule has 0 aromatic heterocycles. The van der Waals surface area contributed by atoms with E-state index in [1.165, 1.54) is 13.8 Å². The fourth-order valence-electron chi connectivity index (χ4n) is 2.10. The van der Waals surface area contributed by atoms with Gasteiger partial charge in [0, 0.05) is 12.6 Å². The molecule has 1 heterocycles. The van der Waals surface area contributed by atoms with E-state index in [-0.39, 0.29) is 18.7 Å². The minimum absolute atomic E-state index is 0.0460. The van der Waals surface area contributed by atoms with Gasteiger partial charge >= 0.3 is 12.1 Å². The maximum Gasteiger partial charge on any atom is 0.471 e. The Balaban J connectivity index is 2.79. The van der Waals surface area contributed by atoms with Crippen molar-refractivity contribution in [1.29, 1.82) is 0 Å². The van der Waals surface area contributed by atoms with Gasteiger partial charge in [0.25, 0.3) is 0 Å². The van der Waals surface area contributed by atoms with E-state index in [1.807, 2.05) is 0 Å². The number of hydrogen-bond donors (Lipinski definition) is 2. The van der Waals surface area contributed by atoms with Crippen molar-refractivity contribution in [2.24, 2.45) is 5.73 Å². The molecule has 1 saturated heterocycles. The number of rotatable bonds is 3. The van der Waals surface area contributed by atoms with Gasteiger partial charge in [-0.1, -0.05) is 0 Å². The molecule has 3 N–H and O–H groups in total. The highest BCUT2D eigenvalue weighted by atomic mass is 19.4. The molecule has 1 fully saturated rings. The molecule has 1 aliphatic heterocycles. The number of nitrogens with one attached hydrogen (secondary N) is 1. The molecule has 0 spiro atoms. The Labute approximate surface area is 113 Å². The molecule has 0 bridgehead atoms. The third kappa shape index (κ3) is 3.69. The normalized spacial score (nSPS) is 24.4. The average Bonchev–Trinajstić information content (AvgIpc) is 2.70. The summed E-state index contributed by atoms with van der Waals surface area (Å²) < 4.78 is 36.5. The Morgan fingerprint density at radius 3 is 2.30 bits per heavy atom. The van der Waals surface area contributed by atoms with Gasteiger partial charge in [-0.15, -0.1) is 0 Å². The van der Waals surface area contributed by atoms with E-state index in [1.54, 1.807) is 5.32 Å². The molecule has 2 amide bonds. The van der Waals surface area contributed by atoms with E-state index in [9.17, 15) is 27.6 Å². The van der Waals surface area contributed by atoms with Gasteiger partial charge in [0.2, 0.25) is 5.91 Å². The topological polar surface area (TPSA) is 92.5 Å². The Bertz CT molecular complexity index is 423. The zero-order valence-corrected chi connectivity index (χ0v) is 11.0. The van der Waals surface area contributed by atoms with Crippen LogP contribution in [0, 0.1) is 0 Å². The van der Waals surface area contributed by atoms with E-state index in [0.29, 0.717) is 0 Å². The lowest BCUT2D eigenvalue weighted by molar-refractivity contribution is -0.174. The molecule has 0 aliphatic carbocycles. The van der Waals surface area contributed by atoms with Crippen molar-refractivity contribution >= 4 is 17.6 Å². The summed E-state index contributed by atoms with van der Waals surface area (Å²) in [6, 6.07) is -2.64. The number of carbonyl (C=O) groups excluding carboxylic acids is 3. The van der Waals surface area contributed by atoms with Crippen LogP contribution in [0.2, 0.25) is 0 Å². The predicted octanol–water partition coefficient (Wildman–Crippen LogP) is -0.429. The first-order valence-electron chi connectivity index (χ1n) is 5.98. The maximum atomic E-state index is 12.2. The number of carbonyl (C=O) groups is 3. The molecule has 0 radical (unpaired) electrons. The highest BCUT2D eigenvalue weighted by molar-refractivity contribution is 5.90. The number of nitrogens with zero attached hydrogens (tertiary/aromatic N) is 1. The van der Waals surface area contributed by atoms with Crippen molar-refractivity contribution in [3.8, 4) is 0 Å². The van der Waals surface area contributed by atoms with Gasteiger partial charge in [0.05, 0.1) is 12.1 Å². The third-order valence-corrected chi connectivity index (χ3v) is 3.04. The Kier molecular flexibility index (Phi) is 4.74. The predicted molar refractivity (Wildman–Crippen MR) is 62.4 cm³/mol. The number of alkyl halides is 3. The van der Waals surface area contributed by atoms with Crippen LogP contribution in [0.1, 0.15) is 20.3 Å². The van der Waals surface area contributed by atoms with Crippen molar-refractivity contribution in [3.63, 3.8) is 0 Å². The van der Waals surface area contributed by atoms with Crippen LogP contribution >= 0.6 is 0 Å². The van der Waals surface area contributed by atoms with Crippen LogP contribution in [0.15, 0.2) is 0 Å². The number of Topliss-reactive ketones (excluding diaryl/α,β-unsaturated/α-hetero) is 1. The van der Waals surface area contributed by atoms with E-state index >= 15 is 0 Å². The number of hydrogen-bond acceptors (Lipinski definition) is 4. The van der Waals surface area contributed by atoms with Crippen molar-refractivity contribution < 1.29 is 27.6 Å². The molecule has 0 aromatic carbocycles. The molecular weight excluding hydrogens is 279 g/mol. The van der Waals surface area contributed by atoms with Gasteiger partial charge in [0.1, 0.15) is 0 Å². The van der Waals surface area contributed by atoms with E-state index < -0.39 is 36.1 Å². The fraction of sp³-hybridized carbons (Fsp3) is 0.727. The monoisotopic (exact) mass is 295 g/mol. The standard InChI is InChI=1S/C11H16F3N3O3/c1-5(15)9(19)17-4-7(3-8(17)6(2)18)16-10(20)11(12,13)14/h5,7-8H,3-4,15H2,1-2H3,(H,16,20). The minimum Gasteiger partial charge on any atom is -0.344 e. The molecule has 114 valence electrons. The van der Waals surface area contributed by atoms with Crippen LogP contribution < -0.4 is 11.1 Å². The van der Waals surface area contributed by atoms with Crippen LogP contribution in [-0.4, -0.2) is 53.3 Å². The molecule has 6 nitrogen and oxygen atoms in total. The summed E-state index contributed by atoms with van der Waals surface area (Å²) in [7, 11) is 0. The van der Waals surface area contributed by atoms with Crippen LogP contribution in [0.25, 0.3) is 0 Å². The lowest BCUT2D eigenvalue weighted by atomic mass is 10.1. The molecule has 20 heavy (non-hydrogen) atoms. The zero-order chi connectivity index (χ0) is 15.7. The Hall–Kier alpha value is -1.64. The molecule has 0 aromatic rings. The lowest BCUT2D eigenvalue weighted by Crippen LogP contribution is -2.48. The Morgan fingerprint density at radius 1 is 1.35 bits per heavy atom. The second-order valence-electron chi connectivity index (χ2n) is 4.81.